The number of carboxylic acid groups (broad SMARTS) is 1. The van der Waals surface area contributed by atoms with Gasteiger partial charge in [0.2, 0.25) is 5.76 Å². The maximum Gasteiger partial charge on any atom is 0.371 e. The van der Waals surface area contributed by atoms with Crippen molar-refractivity contribution < 1.29 is 19.1 Å². The van der Waals surface area contributed by atoms with E-state index < -0.39 is 11.4 Å². The molecule has 1 aromatic heterocycles. The minimum Gasteiger partial charge on any atom is -0.496 e. The van der Waals surface area contributed by atoms with Crippen molar-refractivity contribution in [1.29, 1.82) is 0 Å². The lowest BCUT2D eigenvalue weighted by Gasteiger charge is -2.06. The molecule has 0 saturated heterocycles. The molecule has 2 aromatic rings. The number of carboxylic acids is 1. The molecule has 17 heavy (non-hydrogen) atoms. The van der Waals surface area contributed by atoms with Crippen LogP contribution in [0.15, 0.2) is 27.4 Å². The molecule has 0 radical (unpaired) electrons. The summed E-state index contributed by atoms with van der Waals surface area (Å²) in [5, 5.41) is 9.07. The third-order valence-electron chi connectivity index (χ3n) is 2.22. The summed E-state index contributed by atoms with van der Waals surface area (Å²) in [7, 11) is 1.44. The minimum atomic E-state index is -1.28. The SMILES string of the molecule is COc1ccc(I)c2oc(C(=O)O)cc(=O)c12. The molecular formula is C11H7IO5. The highest BCUT2D eigenvalue weighted by Crippen LogP contribution is 2.27. The lowest BCUT2D eigenvalue weighted by Crippen LogP contribution is -2.08. The molecule has 5 nitrogen and oxygen atoms in total. The Hall–Kier alpha value is -1.57. The van der Waals surface area contributed by atoms with Gasteiger partial charge >= 0.3 is 5.97 Å². The van der Waals surface area contributed by atoms with E-state index >= 15 is 0 Å². The van der Waals surface area contributed by atoms with Gasteiger partial charge < -0.3 is 14.3 Å². The van der Waals surface area contributed by atoms with E-state index in [0.29, 0.717) is 9.32 Å². The molecule has 1 heterocycles. The van der Waals surface area contributed by atoms with Crippen molar-refractivity contribution in [3.8, 4) is 5.75 Å². The highest BCUT2D eigenvalue weighted by Gasteiger charge is 2.15. The van der Waals surface area contributed by atoms with Crippen molar-refractivity contribution in [2.75, 3.05) is 7.11 Å². The number of ether oxygens (including phenoxy) is 1. The van der Waals surface area contributed by atoms with Crippen LogP contribution in [0.5, 0.6) is 5.75 Å². The Morgan fingerprint density at radius 1 is 1.47 bits per heavy atom. The number of carbonyl (C=O) groups is 1. The summed E-state index contributed by atoms with van der Waals surface area (Å²) < 4.78 is 10.9. The molecule has 1 aromatic carbocycles. The van der Waals surface area contributed by atoms with E-state index in [4.69, 9.17) is 14.3 Å². The zero-order valence-electron chi connectivity index (χ0n) is 8.69. The zero-order chi connectivity index (χ0) is 12.6. The quantitative estimate of drug-likeness (QED) is 0.843. The van der Waals surface area contributed by atoms with E-state index in [1.165, 1.54) is 7.11 Å². The van der Waals surface area contributed by atoms with Crippen LogP contribution in [-0.2, 0) is 0 Å². The predicted molar refractivity (Wildman–Crippen MR) is 68.7 cm³/mol. The molecule has 0 saturated carbocycles. The Bertz CT molecular complexity index is 659. The number of hydrogen-bond acceptors (Lipinski definition) is 4. The highest BCUT2D eigenvalue weighted by molar-refractivity contribution is 14.1. The molecular weight excluding hydrogens is 339 g/mol. The molecule has 0 aliphatic heterocycles. The van der Waals surface area contributed by atoms with Gasteiger partial charge in [0, 0.05) is 6.07 Å². The Morgan fingerprint density at radius 2 is 2.18 bits per heavy atom. The van der Waals surface area contributed by atoms with Crippen LogP contribution in [0.4, 0.5) is 0 Å². The molecule has 6 heteroatoms. The maximum atomic E-state index is 11.8. The first-order chi connectivity index (χ1) is 8.04. The van der Waals surface area contributed by atoms with Gasteiger partial charge in [0.25, 0.3) is 0 Å². The molecule has 0 atom stereocenters. The van der Waals surface area contributed by atoms with Crippen molar-refractivity contribution in [2.24, 2.45) is 0 Å². The lowest BCUT2D eigenvalue weighted by molar-refractivity contribution is 0.0663. The average Bonchev–Trinajstić information content (AvgIpc) is 2.30. The largest absolute Gasteiger partial charge is 0.496 e. The van der Waals surface area contributed by atoms with Crippen molar-refractivity contribution in [2.45, 2.75) is 0 Å². The molecule has 1 N–H and O–H groups in total. The second-order valence-corrected chi connectivity index (χ2v) is 4.40. The summed E-state index contributed by atoms with van der Waals surface area (Å²) in [5.74, 6) is -1.29. The zero-order valence-corrected chi connectivity index (χ0v) is 10.8. The summed E-state index contributed by atoms with van der Waals surface area (Å²) in [4.78, 5) is 22.6. The molecule has 0 aliphatic carbocycles. The maximum absolute atomic E-state index is 11.8. The van der Waals surface area contributed by atoms with Gasteiger partial charge in [-0.15, -0.1) is 0 Å². The molecule has 0 spiro atoms. The van der Waals surface area contributed by atoms with E-state index in [1.54, 1.807) is 12.1 Å². The molecule has 2 rings (SSSR count). The van der Waals surface area contributed by atoms with E-state index in [2.05, 4.69) is 0 Å². The van der Waals surface area contributed by atoms with Crippen LogP contribution >= 0.6 is 22.6 Å². The Morgan fingerprint density at radius 3 is 2.76 bits per heavy atom. The van der Waals surface area contributed by atoms with Crippen LogP contribution in [0, 0.1) is 3.57 Å². The smallest absolute Gasteiger partial charge is 0.371 e. The predicted octanol–water partition coefficient (Wildman–Crippen LogP) is 2.10. The van der Waals surface area contributed by atoms with Gasteiger partial charge in [-0.1, -0.05) is 0 Å². The second kappa shape index (κ2) is 4.36. The Kier molecular flexibility index (Phi) is 3.05. The first kappa shape index (κ1) is 11.9. The van der Waals surface area contributed by atoms with Gasteiger partial charge in [-0.3, -0.25) is 4.79 Å². The van der Waals surface area contributed by atoms with Gasteiger partial charge in [-0.05, 0) is 34.7 Å². The van der Waals surface area contributed by atoms with Gasteiger partial charge in [0.15, 0.2) is 11.0 Å². The van der Waals surface area contributed by atoms with Crippen molar-refractivity contribution in [3.63, 3.8) is 0 Å². The van der Waals surface area contributed by atoms with Crippen LogP contribution in [0.2, 0.25) is 0 Å². The van der Waals surface area contributed by atoms with Crippen molar-refractivity contribution in [3.05, 3.63) is 37.8 Å². The lowest BCUT2D eigenvalue weighted by atomic mass is 10.2. The Balaban J connectivity index is 2.94. The monoisotopic (exact) mass is 346 g/mol. The van der Waals surface area contributed by atoms with Crippen LogP contribution in [0.1, 0.15) is 10.6 Å². The number of hydrogen-bond donors (Lipinski definition) is 1. The van der Waals surface area contributed by atoms with Crippen LogP contribution < -0.4 is 10.2 Å². The minimum absolute atomic E-state index is 0.231. The summed E-state index contributed by atoms with van der Waals surface area (Å²) in [6.45, 7) is 0. The Labute approximate surface area is 109 Å². The van der Waals surface area contributed by atoms with Crippen LogP contribution in [-0.4, -0.2) is 18.2 Å². The van der Waals surface area contributed by atoms with Gasteiger partial charge in [0.1, 0.15) is 11.1 Å². The highest BCUT2D eigenvalue weighted by atomic mass is 127. The fraction of sp³-hybridized carbons (Fsp3) is 0.0909. The molecule has 0 amide bonds. The van der Waals surface area contributed by atoms with Crippen molar-refractivity contribution in [1.82, 2.24) is 0 Å². The number of aromatic carboxylic acids is 1. The first-order valence-corrected chi connectivity index (χ1v) is 5.66. The third kappa shape index (κ3) is 1.99. The second-order valence-electron chi connectivity index (χ2n) is 3.23. The fourth-order valence-electron chi connectivity index (χ4n) is 1.48. The molecule has 0 aliphatic rings. The number of rotatable bonds is 2. The van der Waals surface area contributed by atoms with Crippen LogP contribution in [0.25, 0.3) is 11.0 Å². The van der Waals surface area contributed by atoms with E-state index in [0.717, 1.165) is 6.07 Å². The van der Waals surface area contributed by atoms with Crippen LogP contribution in [0.3, 0.4) is 0 Å². The molecule has 0 unspecified atom stereocenters. The van der Waals surface area contributed by atoms with Gasteiger partial charge in [-0.25, -0.2) is 4.79 Å². The van der Waals surface area contributed by atoms with E-state index in [1.807, 2.05) is 22.6 Å². The topological polar surface area (TPSA) is 76.7 Å². The first-order valence-electron chi connectivity index (χ1n) is 4.58. The number of benzene rings is 1. The fourth-order valence-corrected chi connectivity index (χ4v) is 2.04. The normalized spacial score (nSPS) is 10.5. The van der Waals surface area contributed by atoms with E-state index in [-0.39, 0.29) is 16.7 Å². The summed E-state index contributed by atoms with van der Waals surface area (Å²) in [6, 6.07) is 4.28. The summed E-state index contributed by atoms with van der Waals surface area (Å²) in [6.07, 6.45) is 0. The molecule has 0 fully saturated rings. The summed E-state index contributed by atoms with van der Waals surface area (Å²) in [5.41, 5.74) is -0.200. The van der Waals surface area contributed by atoms with Gasteiger partial charge in [0.05, 0.1) is 10.7 Å². The molecule has 88 valence electrons. The third-order valence-corrected chi connectivity index (χ3v) is 3.07. The van der Waals surface area contributed by atoms with Gasteiger partial charge in [-0.2, -0.15) is 0 Å². The summed E-state index contributed by atoms with van der Waals surface area (Å²) >= 11 is 1.97. The standard InChI is InChI=1S/C11H7IO5/c1-16-7-3-2-5(12)10-9(7)6(13)4-8(17-10)11(14)15/h2-4H,1H3,(H,14,15). The average molecular weight is 346 g/mol. The van der Waals surface area contributed by atoms with E-state index in [9.17, 15) is 9.59 Å². The number of methoxy groups -OCH3 is 1. The number of fused-ring (bicyclic) bond motifs is 1. The van der Waals surface area contributed by atoms with Crippen molar-refractivity contribution >= 4 is 39.5 Å². The molecule has 0 bridgehead atoms. The number of halogens is 1.